The smallest absolute Gasteiger partial charge is 0.225 e. The number of alkyl halides is 1. The lowest BCUT2D eigenvalue weighted by Gasteiger charge is -2.11. The van der Waals surface area contributed by atoms with Crippen LogP contribution in [0.25, 0.3) is 0 Å². The first-order chi connectivity index (χ1) is 7.24. The van der Waals surface area contributed by atoms with Crippen LogP contribution in [0.4, 0.5) is 0 Å². The van der Waals surface area contributed by atoms with E-state index in [1.54, 1.807) is 7.11 Å². The van der Waals surface area contributed by atoms with Crippen molar-refractivity contribution in [1.82, 2.24) is 5.32 Å². The summed E-state index contributed by atoms with van der Waals surface area (Å²) in [7, 11) is 1.61. The van der Waals surface area contributed by atoms with Gasteiger partial charge < -0.3 is 14.8 Å². The second kappa shape index (κ2) is 7.04. The van der Waals surface area contributed by atoms with Crippen LogP contribution in [0.15, 0.2) is 0 Å². The monoisotopic (exact) mass is 235 g/mol. The van der Waals surface area contributed by atoms with Gasteiger partial charge in [-0.2, -0.15) is 0 Å². The molecule has 1 heterocycles. The molecule has 5 heteroatoms. The molecule has 1 rings (SSSR count). The van der Waals surface area contributed by atoms with Gasteiger partial charge in [-0.15, -0.1) is 11.6 Å². The Bertz CT molecular complexity index is 195. The van der Waals surface area contributed by atoms with Gasteiger partial charge in [0, 0.05) is 20.3 Å². The highest BCUT2D eigenvalue weighted by atomic mass is 35.5. The van der Waals surface area contributed by atoms with Crippen LogP contribution in [0.3, 0.4) is 0 Å². The van der Waals surface area contributed by atoms with Crippen LogP contribution in [0, 0.1) is 5.92 Å². The normalized spacial score (nSPS) is 22.7. The lowest BCUT2D eigenvalue weighted by atomic mass is 10.1. The number of carbonyl (C=O) groups excluding carboxylic acids is 1. The summed E-state index contributed by atoms with van der Waals surface area (Å²) in [5.74, 6) is 0.106. The highest BCUT2D eigenvalue weighted by Gasteiger charge is 2.22. The molecule has 0 aromatic heterocycles. The molecule has 15 heavy (non-hydrogen) atoms. The average Bonchev–Trinajstić information content (AvgIpc) is 2.70. The van der Waals surface area contributed by atoms with Gasteiger partial charge in [0.25, 0.3) is 0 Å². The fourth-order valence-corrected chi connectivity index (χ4v) is 1.74. The van der Waals surface area contributed by atoms with Crippen molar-refractivity contribution in [1.29, 1.82) is 0 Å². The maximum absolute atomic E-state index is 11.5. The number of ether oxygens (including phenoxy) is 2. The Morgan fingerprint density at radius 3 is 3.13 bits per heavy atom. The van der Waals surface area contributed by atoms with Crippen molar-refractivity contribution in [3.8, 4) is 0 Å². The molecule has 0 aromatic rings. The van der Waals surface area contributed by atoms with Crippen LogP contribution in [0.5, 0.6) is 0 Å². The van der Waals surface area contributed by atoms with Gasteiger partial charge in [0.05, 0.1) is 24.5 Å². The van der Waals surface area contributed by atoms with Crippen molar-refractivity contribution in [2.45, 2.75) is 18.2 Å². The second-order valence-corrected chi connectivity index (χ2v) is 4.31. The Morgan fingerprint density at radius 1 is 1.73 bits per heavy atom. The fraction of sp³-hybridized carbons (Fsp3) is 0.900. The molecule has 1 amide bonds. The lowest BCUT2D eigenvalue weighted by Crippen LogP contribution is -2.33. The van der Waals surface area contributed by atoms with Crippen LogP contribution in [-0.4, -0.2) is 44.8 Å². The number of nitrogens with one attached hydrogen (secondary N) is 1. The third kappa shape index (κ3) is 4.82. The van der Waals surface area contributed by atoms with Gasteiger partial charge in [0.1, 0.15) is 0 Å². The van der Waals surface area contributed by atoms with Crippen molar-refractivity contribution >= 4 is 17.5 Å². The fourth-order valence-electron chi connectivity index (χ4n) is 1.50. The molecular weight excluding hydrogens is 218 g/mol. The minimum atomic E-state index is -0.0323. The highest BCUT2D eigenvalue weighted by Crippen LogP contribution is 2.12. The largest absolute Gasteiger partial charge is 0.383 e. The summed E-state index contributed by atoms with van der Waals surface area (Å²) in [4.78, 5) is 11.5. The zero-order chi connectivity index (χ0) is 11.1. The minimum absolute atomic E-state index is 0.0289. The molecule has 2 atom stereocenters. The molecule has 0 aromatic carbocycles. The molecule has 0 saturated carbocycles. The van der Waals surface area contributed by atoms with E-state index < -0.39 is 0 Å². The van der Waals surface area contributed by atoms with E-state index in [-0.39, 0.29) is 17.2 Å². The quantitative estimate of drug-likeness (QED) is 0.693. The first-order valence-corrected chi connectivity index (χ1v) is 5.66. The van der Waals surface area contributed by atoms with E-state index in [9.17, 15) is 4.79 Å². The van der Waals surface area contributed by atoms with Crippen molar-refractivity contribution in [3.63, 3.8) is 0 Å². The predicted molar refractivity (Wildman–Crippen MR) is 58.1 cm³/mol. The molecule has 4 nitrogen and oxygen atoms in total. The van der Waals surface area contributed by atoms with E-state index in [1.165, 1.54) is 0 Å². The summed E-state index contributed by atoms with van der Waals surface area (Å²) in [6.07, 6.45) is 1.56. The Hall–Kier alpha value is -0.320. The molecule has 1 N–H and O–H groups in total. The zero-order valence-corrected chi connectivity index (χ0v) is 9.76. The van der Waals surface area contributed by atoms with Crippen LogP contribution in [0.1, 0.15) is 12.8 Å². The summed E-state index contributed by atoms with van der Waals surface area (Å²) in [6, 6.07) is 0. The number of rotatable bonds is 6. The molecule has 2 unspecified atom stereocenters. The second-order valence-electron chi connectivity index (χ2n) is 3.69. The van der Waals surface area contributed by atoms with E-state index in [0.29, 0.717) is 26.4 Å². The van der Waals surface area contributed by atoms with Crippen LogP contribution in [0.2, 0.25) is 0 Å². The van der Waals surface area contributed by atoms with E-state index in [2.05, 4.69) is 5.32 Å². The average molecular weight is 236 g/mol. The van der Waals surface area contributed by atoms with Crippen molar-refractivity contribution in [2.75, 3.05) is 33.5 Å². The molecular formula is C10H18ClNO3. The molecule has 1 saturated heterocycles. The van der Waals surface area contributed by atoms with Crippen LogP contribution in [-0.2, 0) is 14.3 Å². The maximum atomic E-state index is 11.5. The summed E-state index contributed by atoms with van der Waals surface area (Å²) < 4.78 is 10.0. The lowest BCUT2D eigenvalue weighted by molar-refractivity contribution is -0.124. The number of methoxy groups -OCH3 is 1. The van der Waals surface area contributed by atoms with Gasteiger partial charge in [-0.25, -0.2) is 0 Å². The molecule has 0 aliphatic carbocycles. The van der Waals surface area contributed by atoms with E-state index in [0.717, 1.165) is 12.8 Å². The highest BCUT2D eigenvalue weighted by molar-refractivity contribution is 6.20. The van der Waals surface area contributed by atoms with E-state index in [4.69, 9.17) is 21.1 Å². The van der Waals surface area contributed by atoms with Crippen molar-refractivity contribution < 1.29 is 14.3 Å². The van der Waals surface area contributed by atoms with Gasteiger partial charge in [0.15, 0.2) is 0 Å². The molecule has 1 aliphatic rings. The number of hydrogen-bond acceptors (Lipinski definition) is 3. The Labute approximate surface area is 95.3 Å². The first-order valence-electron chi connectivity index (χ1n) is 5.22. The number of halogens is 1. The zero-order valence-electron chi connectivity index (χ0n) is 9.00. The number of hydrogen-bond donors (Lipinski definition) is 1. The Kier molecular flexibility index (Phi) is 5.98. The predicted octanol–water partition coefficient (Wildman–Crippen LogP) is 0.783. The molecule has 88 valence electrons. The van der Waals surface area contributed by atoms with Gasteiger partial charge in [-0.05, 0) is 12.8 Å². The molecule has 1 fully saturated rings. The summed E-state index contributed by atoms with van der Waals surface area (Å²) in [5, 5.41) is 2.82. The van der Waals surface area contributed by atoms with Gasteiger partial charge in [0.2, 0.25) is 5.91 Å². The summed E-state index contributed by atoms with van der Waals surface area (Å²) >= 11 is 5.92. The summed E-state index contributed by atoms with van der Waals surface area (Å²) in [6.45, 7) is 2.37. The molecule has 0 bridgehead atoms. The van der Waals surface area contributed by atoms with Crippen LogP contribution >= 0.6 is 11.6 Å². The van der Waals surface area contributed by atoms with Crippen molar-refractivity contribution in [3.05, 3.63) is 0 Å². The van der Waals surface area contributed by atoms with Gasteiger partial charge in [-0.1, -0.05) is 0 Å². The van der Waals surface area contributed by atoms with E-state index >= 15 is 0 Å². The van der Waals surface area contributed by atoms with Gasteiger partial charge >= 0.3 is 0 Å². The standard InChI is InChI=1S/C10H18ClNO3/c1-14-7-9(11)2-4-12-10(13)8-3-5-15-6-8/h8-9H,2-7H2,1H3,(H,12,13). The third-order valence-electron chi connectivity index (χ3n) is 2.40. The van der Waals surface area contributed by atoms with Crippen LogP contribution < -0.4 is 5.32 Å². The maximum Gasteiger partial charge on any atom is 0.225 e. The Balaban J connectivity index is 2.06. The number of amides is 1. The number of carbonyl (C=O) groups is 1. The summed E-state index contributed by atoms with van der Waals surface area (Å²) in [5.41, 5.74) is 0. The van der Waals surface area contributed by atoms with Crippen molar-refractivity contribution in [2.24, 2.45) is 5.92 Å². The Morgan fingerprint density at radius 2 is 2.53 bits per heavy atom. The third-order valence-corrected chi connectivity index (χ3v) is 2.75. The SMILES string of the molecule is COCC(Cl)CCNC(=O)C1CCOC1. The topological polar surface area (TPSA) is 47.6 Å². The molecule has 0 spiro atoms. The molecule has 1 aliphatic heterocycles. The molecule has 0 radical (unpaired) electrons. The van der Waals surface area contributed by atoms with Gasteiger partial charge in [-0.3, -0.25) is 4.79 Å². The minimum Gasteiger partial charge on any atom is -0.383 e. The van der Waals surface area contributed by atoms with E-state index in [1.807, 2.05) is 0 Å². The first kappa shape index (κ1) is 12.7.